The van der Waals surface area contributed by atoms with Gasteiger partial charge in [-0.05, 0) is 17.5 Å². The lowest BCUT2D eigenvalue weighted by atomic mass is 10.0. The van der Waals surface area contributed by atoms with Crippen LogP contribution in [0.5, 0.6) is 0 Å². The number of pyridine rings is 1. The average Bonchev–Trinajstić information content (AvgIpc) is 2.08. The molecule has 1 aromatic heterocycles. The van der Waals surface area contributed by atoms with Gasteiger partial charge in [-0.2, -0.15) is 0 Å². The molecule has 4 nitrogen and oxygen atoms in total. The van der Waals surface area contributed by atoms with Crippen LogP contribution >= 0.6 is 11.6 Å². The van der Waals surface area contributed by atoms with Gasteiger partial charge < -0.3 is 10.8 Å². The third-order valence-electron chi connectivity index (χ3n) is 1.86. The first kappa shape index (κ1) is 10.8. The minimum Gasteiger partial charge on any atom is -0.477 e. The minimum absolute atomic E-state index is 0.0285. The van der Waals surface area contributed by atoms with E-state index in [0.717, 1.165) is 0 Å². The van der Waals surface area contributed by atoms with Crippen molar-refractivity contribution in [2.24, 2.45) is 0 Å². The Morgan fingerprint density at radius 3 is 2.64 bits per heavy atom. The van der Waals surface area contributed by atoms with E-state index in [-0.39, 0.29) is 16.8 Å². The van der Waals surface area contributed by atoms with E-state index in [1.54, 1.807) is 6.07 Å². The van der Waals surface area contributed by atoms with Crippen molar-refractivity contribution in [2.75, 3.05) is 5.73 Å². The van der Waals surface area contributed by atoms with E-state index in [9.17, 15) is 4.79 Å². The Morgan fingerprint density at radius 1 is 1.64 bits per heavy atom. The van der Waals surface area contributed by atoms with E-state index in [1.165, 1.54) is 0 Å². The molecule has 0 spiro atoms. The molecule has 0 aromatic carbocycles. The summed E-state index contributed by atoms with van der Waals surface area (Å²) < 4.78 is 0. The van der Waals surface area contributed by atoms with Gasteiger partial charge >= 0.3 is 5.97 Å². The molecule has 0 saturated heterocycles. The van der Waals surface area contributed by atoms with Gasteiger partial charge in [0.1, 0.15) is 0 Å². The second-order valence-electron chi connectivity index (χ2n) is 3.27. The molecule has 5 heteroatoms. The summed E-state index contributed by atoms with van der Waals surface area (Å²) in [6.07, 6.45) is 0. The number of halogens is 1. The van der Waals surface area contributed by atoms with Gasteiger partial charge in [-0.1, -0.05) is 25.4 Å². The Balaban J connectivity index is 3.39. The standard InChI is InChI=1S/C9H11ClN2O2/c1-4(2)5-3-6(11)8(10)12-7(5)9(13)14/h3-4H,11H2,1-2H3,(H,13,14). The molecule has 0 radical (unpaired) electrons. The Hall–Kier alpha value is -1.29. The Morgan fingerprint density at radius 2 is 2.21 bits per heavy atom. The number of hydrogen-bond acceptors (Lipinski definition) is 3. The Kier molecular flexibility index (Phi) is 2.96. The number of hydrogen-bond donors (Lipinski definition) is 2. The predicted molar refractivity (Wildman–Crippen MR) is 54.7 cm³/mol. The number of carboxylic acid groups (broad SMARTS) is 1. The maximum atomic E-state index is 10.8. The SMILES string of the molecule is CC(C)c1cc(N)c(Cl)nc1C(=O)O. The van der Waals surface area contributed by atoms with Gasteiger partial charge in [0.2, 0.25) is 0 Å². The van der Waals surface area contributed by atoms with Gasteiger partial charge in [-0.15, -0.1) is 0 Å². The topological polar surface area (TPSA) is 76.2 Å². The van der Waals surface area contributed by atoms with Crippen LogP contribution in [0.2, 0.25) is 5.15 Å². The number of nitrogens with zero attached hydrogens (tertiary/aromatic N) is 1. The first-order chi connectivity index (χ1) is 6.43. The van der Waals surface area contributed by atoms with Gasteiger partial charge in [0, 0.05) is 0 Å². The van der Waals surface area contributed by atoms with Gasteiger partial charge in [0.25, 0.3) is 0 Å². The van der Waals surface area contributed by atoms with Crippen molar-refractivity contribution in [3.63, 3.8) is 0 Å². The predicted octanol–water partition coefficient (Wildman–Crippen LogP) is 2.14. The number of carboxylic acids is 1. The summed E-state index contributed by atoms with van der Waals surface area (Å²) >= 11 is 5.64. The average molecular weight is 215 g/mol. The Bertz CT molecular complexity index is 377. The van der Waals surface area contributed by atoms with E-state index in [1.807, 2.05) is 13.8 Å². The molecule has 0 fully saturated rings. The molecule has 14 heavy (non-hydrogen) atoms. The highest BCUT2D eigenvalue weighted by atomic mass is 35.5. The number of nitrogens with two attached hydrogens (primary N) is 1. The number of rotatable bonds is 2. The van der Waals surface area contributed by atoms with Crippen molar-refractivity contribution in [1.82, 2.24) is 4.98 Å². The normalized spacial score (nSPS) is 10.6. The molecule has 0 aliphatic carbocycles. The molecule has 0 saturated carbocycles. The summed E-state index contributed by atoms with van der Waals surface area (Å²) in [5, 5.41) is 8.90. The van der Waals surface area contributed by atoms with Crippen molar-refractivity contribution < 1.29 is 9.90 Å². The summed E-state index contributed by atoms with van der Waals surface area (Å²) in [5.41, 5.74) is 6.41. The lowest BCUT2D eigenvalue weighted by molar-refractivity contribution is 0.0689. The van der Waals surface area contributed by atoms with E-state index in [0.29, 0.717) is 11.3 Å². The fourth-order valence-electron chi connectivity index (χ4n) is 1.13. The van der Waals surface area contributed by atoms with E-state index in [2.05, 4.69) is 4.98 Å². The third kappa shape index (κ3) is 1.96. The lowest BCUT2D eigenvalue weighted by Gasteiger charge is -2.10. The lowest BCUT2D eigenvalue weighted by Crippen LogP contribution is -2.08. The number of anilines is 1. The maximum Gasteiger partial charge on any atom is 0.354 e. The van der Waals surface area contributed by atoms with Crippen LogP contribution in [-0.4, -0.2) is 16.1 Å². The van der Waals surface area contributed by atoms with Crippen molar-refractivity contribution in [3.8, 4) is 0 Å². The van der Waals surface area contributed by atoms with Crippen LogP contribution in [0.1, 0.15) is 35.8 Å². The van der Waals surface area contributed by atoms with Crippen LogP contribution in [0.3, 0.4) is 0 Å². The highest BCUT2D eigenvalue weighted by Crippen LogP contribution is 2.25. The second kappa shape index (κ2) is 3.84. The third-order valence-corrected chi connectivity index (χ3v) is 2.16. The van der Waals surface area contributed by atoms with Gasteiger partial charge in [0.15, 0.2) is 10.8 Å². The number of carbonyl (C=O) groups is 1. The van der Waals surface area contributed by atoms with E-state index < -0.39 is 5.97 Å². The number of aromatic nitrogens is 1. The van der Waals surface area contributed by atoms with E-state index >= 15 is 0 Å². The second-order valence-corrected chi connectivity index (χ2v) is 3.62. The first-order valence-electron chi connectivity index (χ1n) is 4.12. The molecule has 0 aliphatic heterocycles. The molecule has 1 rings (SSSR count). The molecule has 0 bridgehead atoms. The summed E-state index contributed by atoms with van der Waals surface area (Å²) in [6.45, 7) is 3.74. The molecule has 3 N–H and O–H groups in total. The van der Waals surface area contributed by atoms with Gasteiger partial charge in [0.05, 0.1) is 5.69 Å². The number of nitrogen functional groups attached to an aromatic ring is 1. The monoisotopic (exact) mass is 214 g/mol. The highest BCUT2D eigenvalue weighted by molar-refractivity contribution is 6.32. The van der Waals surface area contributed by atoms with Crippen LogP contribution in [0.25, 0.3) is 0 Å². The fourth-order valence-corrected chi connectivity index (χ4v) is 1.27. The molecule has 1 aromatic rings. The zero-order valence-corrected chi connectivity index (χ0v) is 8.67. The molecule has 1 heterocycles. The van der Waals surface area contributed by atoms with Crippen molar-refractivity contribution in [2.45, 2.75) is 19.8 Å². The molecular weight excluding hydrogens is 204 g/mol. The zero-order chi connectivity index (χ0) is 10.9. The molecule has 0 atom stereocenters. The highest BCUT2D eigenvalue weighted by Gasteiger charge is 2.16. The van der Waals surface area contributed by atoms with Crippen LogP contribution in [-0.2, 0) is 0 Å². The molecule has 0 unspecified atom stereocenters. The van der Waals surface area contributed by atoms with Crippen molar-refractivity contribution >= 4 is 23.3 Å². The summed E-state index contributed by atoms with van der Waals surface area (Å²) in [5.74, 6) is -1.04. The van der Waals surface area contributed by atoms with Crippen LogP contribution in [0.4, 0.5) is 5.69 Å². The number of aromatic carboxylic acids is 1. The smallest absolute Gasteiger partial charge is 0.354 e. The zero-order valence-electron chi connectivity index (χ0n) is 7.91. The quantitative estimate of drug-likeness (QED) is 0.740. The minimum atomic E-state index is -1.09. The Labute approximate surface area is 86.7 Å². The van der Waals surface area contributed by atoms with Crippen molar-refractivity contribution in [1.29, 1.82) is 0 Å². The van der Waals surface area contributed by atoms with Crippen LogP contribution < -0.4 is 5.73 Å². The molecule has 0 aliphatic rings. The van der Waals surface area contributed by atoms with Crippen LogP contribution in [0, 0.1) is 0 Å². The molecule has 0 amide bonds. The maximum absolute atomic E-state index is 10.8. The van der Waals surface area contributed by atoms with Crippen molar-refractivity contribution in [3.05, 3.63) is 22.5 Å². The van der Waals surface area contributed by atoms with Gasteiger partial charge in [-0.25, -0.2) is 9.78 Å². The van der Waals surface area contributed by atoms with E-state index in [4.69, 9.17) is 22.4 Å². The van der Waals surface area contributed by atoms with Crippen LogP contribution in [0.15, 0.2) is 6.07 Å². The summed E-state index contributed by atoms with van der Waals surface area (Å²) in [6, 6.07) is 1.56. The van der Waals surface area contributed by atoms with Gasteiger partial charge in [-0.3, -0.25) is 0 Å². The summed E-state index contributed by atoms with van der Waals surface area (Å²) in [4.78, 5) is 14.6. The molecule has 76 valence electrons. The molecular formula is C9H11ClN2O2. The first-order valence-corrected chi connectivity index (χ1v) is 4.50. The largest absolute Gasteiger partial charge is 0.477 e. The summed E-state index contributed by atoms with van der Waals surface area (Å²) in [7, 11) is 0. The fraction of sp³-hybridized carbons (Fsp3) is 0.333.